The van der Waals surface area contributed by atoms with Crippen molar-refractivity contribution in [2.45, 2.75) is 39.0 Å². The number of aromatic nitrogens is 2. The van der Waals surface area contributed by atoms with Gasteiger partial charge in [-0.05, 0) is 54.4 Å². The molecule has 0 bridgehead atoms. The lowest BCUT2D eigenvalue weighted by atomic mass is 10.2. The lowest BCUT2D eigenvalue weighted by Gasteiger charge is -2.12. The third-order valence-electron chi connectivity index (χ3n) is 5.08. The summed E-state index contributed by atoms with van der Waals surface area (Å²) in [6.45, 7) is 3.64. The summed E-state index contributed by atoms with van der Waals surface area (Å²) in [6, 6.07) is 12.9. The number of hydrogen-bond acceptors (Lipinski definition) is 10. The molecule has 0 unspecified atom stereocenters. The highest BCUT2D eigenvalue weighted by atomic mass is 32.1. The van der Waals surface area contributed by atoms with Crippen LogP contribution in [0.2, 0.25) is 0 Å². The first-order valence-corrected chi connectivity index (χ1v) is 12.9. The van der Waals surface area contributed by atoms with E-state index in [-0.39, 0.29) is 12.3 Å². The molecule has 0 aliphatic heterocycles. The number of nitrogens with zero attached hydrogens (tertiary/aromatic N) is 3. The monoisotopic (exact) mass is 527 g/mol. The molecule has 0 fully saturated rings. The number of amides is 1. The quantitative estimate of drug-likeness (QED) is 0.161. The minimum atomic E-state index is -0.316. The van der Waals surface area contributed by atoms with Crippen molar-refractivity contribution in [1.82, 2.24) is 15.6 Å². The molecule has 37 heavy (non-hydrogen) atoms. The molecule has 0 atom stereocenters. The summed E-state index contributed by atoms with van der Waals surface area (Å²) in [5.74, 6) is 2.39. The molecule has 1 amide bonds. The van der Waals surface area contributed by atoms with Gasteiger partial charge in [0, 0.05) is 0 Å². The van der Waals surface area contributed by atoms with Gasteiger partial charge in [-0.3, -0.25) is 4.79 Å². The summed E-state index contributed by atoms with van der Waals surface area (Å²) in [5, 5.41) is 12.3. The average molecular weight is 528 g/mol. The van der Waals surface area contributed by atoms with Crippen LogP contribution in [0.1, 0.15) is 43.2 Å². The van der Waals surface area contributed by atoms with E-state index in [0.717, 1.165) is 41.4 Å². The number of carbonyl (C=O) groups excluding carboxylic acids is 1. The number of hydrogen-bond donors (Lipinski definition) is 2. The fourth-order valence-electron chi connectivity index (χ4n) is 3.24. The number of ether oxygens (including phenoxy) is 4. The van der Waals surface area contributed by atoms with Crippen molar-refractivity contribution in [1.29, 1.82) is 0 Å². The fraction of sp³-hybridized carbons (Fsp3) is 0.385. The zero-order valence-corrected chi connectivity index (χ0v) is 22.0. The van der Waals surface area contributed by atoms with Crippen molar-refractivity contribution < 1.29 is 23.7 Å². The van der Waals surface area contributed by atoms with Crippen molar-refractivity contribution >= 4 is 28.6 Å². The molecule has 0 aliphatic rings. The van der Waals surface area contributed by atoms with Crippen LogP contribution in [0.4, 0.5) is 5.13 Å². The van der Waals surface area contributed by atoms with E-state index in [1.54, 1.807) is 25.3 Å². The highest BCUT2D eigenvalue weighted by molar-refractivity contribution is 7.15. The van der Waals surface area contributed by atoms with E-state index >= 15 is 0 Å². The Balaban J connectivity index is 1.38. The summed E-state index contributed by atoms with van der Waals surface area (Å²) >= 11 is 1.16. The zero-order chi connectivity index (χ0) is 26.3. The molecule has 0 spiro atoms. The predicted molar refractivity (Wildman–Crippen MR) is 144 cm³/mol. The maximum atomic E-state index is 11.9. The molecular weight excluding hydrogens is 494 g/mol. The Morgan fingerprint density at radius 1 is 0.973 bits per heavy atom. The van der Waals surface area contributed by atoms with E-state index in [4.69, 9.17) is 24.7 Å². The Labute approximate surface area is 220 Å². The molecule has 3 rings (SSSR count). The molecule has 11 heteroatoms. The van der Waals surface area contributed by atoms with Crippen LogP contribution < -0.4 is 30.1 Å². The second-order valence-electron chi connectivity index (χ2n) is 7.99. The molecule has 0 saturated carbocycles. The van der Waals surface area contributed by atoms with Gasteiger partial charge in [-0.25, -0.2) is 5.43 Å². The summed E-state index contributed by atoms with van der Waals surface area (Å²) in [6.07, 6.45) is 6.29. The highest BCUT2D eigenvalue weighted by Crippen LogP contribution is 2.27. The number of nitrogens with two attached hydrogens (primary N) is 1. The lowest BCUT2D eigenvalue weighted by molar-refractivity contribution is -0.120. The van der Waals surface area contributed by atoms with Crippen molar-refractivity contribution in [2.24, 2.45) is 5.10 Å². The topological polar surface area (TPSA) is 130 Å². The third-order valence-corrected chi connectivity index (χ3v) is 5.84. The van der Waals surface area contributed by atoms with Crippen LogP contribution in [-0.4, -0.2) is 49.2 Å². The van der Waals surface area contributed by atoms with Gasteiger partial charge in [-0.1, -0.05) is 37.5 Å². The Bertz CT molecular complexity index is 1140. The number of anilines is 1. The number of nitrogen functional groups attached to an aromatic ring is 1. The van der Waals surface area contributed by atoms with Crippen LogP contribution in [0, 0.1) is 0 Å². The van der Waals surface area contributed by atoms with E-state index in [1.807, 2.05) is 24.3 Å². The number of methoxy groups -OCH3 is 1. The Morgan fingerprint density at radius 2 is 1.70 bits per heavy atom. The van der Waals surface area contributed by atoms with Gasteiger partial charge in [0.2, 0.25) is 11.0 Å². The van der Waals surface area contributed by atoms with Crippen LogP contribution in [-0.2, 0) is 11.2 Å². The molecule has 0 aliphatic carbocycles. The van der Waals surface area contributed by atoms with Crippen LogP contribution >= 0.6 is 11.3 Å². The van der Waals surface area contributed by atoms with Crippen LogP contribution in [0.3, 0.4) is 0 Å². The number of carbonyl (C=O) groups is 1. The Kier molecular flexibility index (Phi) is 11.5. The van der Waals surface area contributed by atoms with Gasteiger partial charge in [0.05, 0.1) is 26.4 Å². The first-order chi connectivity index (χ1) is 18.1. The average Bonchev–Trinajstić information content (AvgIpc) is 3.31. The number of hydrazone groups is 1. The first kappa shape index (κ1) is 27.7. The maximum Gasteiger partial charge on any atom is 0.247 e. The molecule has 2 aromatic carbocycles. The van der Waals surface area contributed by atoms with Crippen LogP contribution in [0.15, 0.2) is 47.6 Å². The fourth-order valence-corrected chi connectivity index (χ4v) is 3.85. The maximum absolute atomic E-state index is 11.9. The van der Waals surface area contributed by atoms with Crippen molar-refractivity contribution in [3.8, 4) is 23.0 Å². The first-order valence-electron chi connectivity index (χ1n) is 12.1. The van der Waals surface area contributed by atoms with Crippen molar-refractivity contribution in [3.05, 3.63) is 53.0 Å². The van der Waals surface area contributed by atoms with E-state index < -0.39 is 0 Å². The lowest BCUT2D eigenvalue weighted by Crippen LogP contribution is -2.19. The van der Waals surface area contributed by atoms with Gasteiger partial charge < -0.3 is 24.7 Å². The number of benzene rings is 2. The molecule has 0 radical (unpaired) electrons. The van der Waals surface area contributed by atoms with Gasteiger partial charge in [-0.15, -0.1) is 10.2 Å². The van der Waals surface area contributed by atoms with E-state index in [1.165, 1.54) is 25.5 Å². The van der Waals surface area contributed by atoms with Crippen LogP contribution in [0.25, 0.3) is 0 Å². The second-order valence-corrected chi connectivity index (χ2v) is 9.09. The molecule has 1 aromatic heterocycles. The van der Waals surface area contributed by atoms with Crippen LogP contribution in [0.5, 0.6) is 23.0 Å². The summed E-state index contributed by atoms with van der Waals surface area (Å²) in [4.78, 5) is 11.9. The van der Waals surface area contributed by atoms with Gasteiger partial charge in [0.1, 0.15) is 29.7 Å². The predicted octanol–water partition coefficient (Wildman–Crippen LogP) is 4.24. The largest absolute Gasteiger partial charge is 0.494 e. The minimum Gasteiger partial charge on any atom is -0.494 e. The molecular formula is C26H33N5O5S. The smallest absolute Gasteiger partial charge is 0.247 e. The molecule has 10 nitrogen and oxygen atoms in total. The van der Waals surface area contributed by atoms with Crippen molar-refractivity contribution in [2.75, 3.05) is 32.7 Å². The number of nitrogens with one attached hydrogen (secondary N) is 1. The summed E-state index contributed by atoms with van der Waals surface area (Å²) in [7, 11) is 1.56. The number of unbranched alkanes of at least 4 members (excludes halogenated alkanes) is 3. The summed E-state index contributed by atoms with van der Waals surface area (Å²) in [5.41, 5.74) is 8.70. The van der Waals surface area contributed by atoms with E-state index in [2.05, 4.69) is 27.6 Å². The van der Waals surface area contributed by atoms with Gasteiger partial charge in [0.15, 0.2) is 11.5 Å². The second kappa shape index (κ2) is 15.3. The standard InChI is InChI=1S/C26H33N5O5S/c1-3-4-5-6-13-34-20-8-10-21(11-9-20)35-14-15-36-22-12-7-19(16-23(22)33-2)18-28-29-24(32)17-25-30-31-26(27)37-25/h7-12,16,18H,3-6,13-15,17H2,1-2H3,(H2,27,31)(H,29,32)/b28-18+. The molecule has 1 heterocycles. The molecule has 198 valence electrons. The SMILES string of the molecule is CCCCCCOc1ccc(OCCOc2ccc(/C=N/NC(=O)Cc3nnc(N)s3)cc2OC)cc1. The van der Waals surface area contributed by atoms with E-state index in [9.17, 15) is 4.79 Å². The minimum absolute atomic E-state index is 0.0570. The normalized spacial score (nSPS) is 10.9. The van der Waals surface area contributed by atoms with E-state index in [0.29, 0.717) is 34.9 Å². The highest BCUT2D eigenvalue weighted by Gasteiger charge is 2.08. The van der Waals surface area contributed by atoms with Gasteiger partial charge in [-0.2, -0.15) is 5.10 Å². The van der Waals surface area contributed by atoms with Gasteiger partial charge >= 0.3 is 0 Å². The molecule has 3 N–H and O–H groups in total. The van der Waals surface area contributed by atoms with Crippen molar-refractivity contribution in [3.63, 3.8) is 0 Å². The van der Waals surface area contributed by atoms with Gasteiger partial charge in [0.25, 0.3) is 0 Å². The zero-order valence-electron chi connectivity index (χ0n) is 21.1. The molecule has 3 aromatic rings. The Hall–Kier alpha value is -3.86. The molecule has 0 saturated heterocycles. The number of rotatable bonds is 16. The third kappa shape index (κ3) is 9.96. The Morgan fingerprint density at radius 3 is 2.38 bits per heavy atom. The summed E-state index contributed by atoms with van der Waals surface area (Å²) < 4.78 is 22.8.